The van der Waals surface area contributed by atoms with Crippen LogP contribution in [0.1, 0.15) is 5.56 Å². The van der Waals surface area contributed by atoms with Crippen molar-refractivity contribution < 1.29 is 27.5 Å². The number of nitrogens with zero attached hydrogens (tertiary/aromatic N) is 1. The number of hydrogen-bond donors (Lipinski definition) is 1. The highest BCUT2D eigenvalue weighted by atomic mass is 19.4. The molecule has 0 unspecified atom stereocenters. The Hall–Kier alpha value is -2.48. The first-order valence-corrected chi connectivity index (χ1v) is 5.75. The Morgan fingerprint density at radius 3 is 2.52 bits per heavy atom. The summed E-state index contributed by atoms with van der Waals surface area (Å²) in [7, 11) is 0. The first kappa shape index (κ1) is 14.9. The predicted octanol–water partition coefficient (Wildman–Crippen LogP) is 2.81. The molecule has 112 valence electrons. The lowest BCUT2D eigenvalue weighted by molar-refractivity contribution is -0.274. The lowest BCUT2D eigenvalue weighted by atomic mass is 10.3. The minimum absolute atomic E-state index is 0.0969. The van der Waals surface area contributed by atoms with Gasteiger partial charge in [-0.25, -0.2) is 0 Å². The number of nitrogens with two attached hydrogens (primary N) is 1. The zero-order valence-electron chi connectivity index (χ0n) is 10.6. The quantitative estimate of drug-likeness (QED) is 0.860. The van der Waals surface area contributed by atoms with Gasteiger partial charge in [0.25, 0.3) is 0 Å². The van der Waals surface area contributed by atoms with Gasteiger partial charge in [-0.1, -0.05) is 6.07 Å². The number of pyridine rings is 1. The molecule has 0 aliphatic heterocycles. The van der Waals surface area contributed by atoms with Crippen molar-refractivity contribution in [1.82, 2.24) is 4.98 Å². The van der Waals surface area contributed by atoms with Crippen LogP contribution in [-0.2, 0) is 6.61 Å². The average molecular weight is 300 g/mol. The summed E-state index contributed by atoms with van der Waals surface area (Å²) in [5.41, 5.74) is 0.653. The van der Waals surface area contributed by atoms with E-state index in [1.807, 2.05) is 0 Å². The van der Waals surface area contributed by atoms with Gasteiger partial charge in [-0.05, 0) is 18.2 Å². The number of halogens is 3. The third-order valence-electron chi connectivity index (χ3n) is 2.35. The molecule has 1 aromatic carbocycles. The molecular weight excluding hydrogens is 289 g/mol. The molecule has 0 fully saturated rings. The van der Waals surface area contributed by atoms with Gasteiger partial charge in [-0.3, -0.25) is 4.98 Å². The van der Waals surface area contributed by atoms with Crippen LogP contribution < -0.4 is 20.2 Å². The molecule has 1 heterocycles. The number of hydrogen-bond acceptors (Lipinski definition) is 5. The van der Waals surface area contributed by atoms with Crippen LogP contribution in [0, 0.1) is 0 Å². The van der Waals surface area contributed by atoms with Crippen LogP contribution in [0.4, 0.5) is 13.2 Å². The molecule has 0 saturated carbocycles. The monoisotopic (exact) mass is 300 g/mol. The summed E-state index contributed by atoms with van der Waals surface area (Å²) in [6.45, 7) is 0.0969. The summed E-state index contributed by atoms with van der Waals surface area (Å²) >= 11 is 0. The molecule has 8 heteroatoms. The summed E-state index contributed by atoms with van der Waals surface area (Å²) in [6, 6.07) is 6.84. The number of aromatic nitrogens is 1. The number of alkyl halides is 3. The highest BCUT2D eigenvalue weighted by Gasteiger charge is 2.31. The van der Waals surface area contributed by atoms with Crippen molar-refractivity contribution in [1.29, 1.82) is 0 Å². The van der Waals surface area contributed by atoms with E-state index in [9.17, 15) is 13.2 Å². The van der Waals surface area contributed by atoms with Gasteiger partial charge in [0.05, 0.1) is 6.20 Å². The van der Waals surface area contributed by atoms with E-state index in [0.717, 1.165) is 6.07 Å². The summed E-state index contributed by atoms with van der Waals surface area (Å²) in [5.74, 6) is 5.24. The van der Waals surface area contributed by atoms with Gasteiger partial charge in [0.15, 0.2) is 5.75 Å². The van der Waals surface area contributed by atoms with Crippen LogP contribution in [0.5, 0.6) is 17.2 Å². The maximum Gasteiger partial charge on any atom is 0.573 e. The minimum atomic E-state index is -4.74. The van der Waals surface area contributed by atoms with Crippen molar-refractivity contribution in [2.75, 3.05) is 0 Å². The molecular formula is C13H11F3N2O3. The number of ether oxygens (including phenoxy) is 2. The topological polar surface area (TPSA) is 66.6 Å². The van der Waals surface area contributed by atoms with Gasteiger partial charge in [0, 0.05) is 17.8 Å². The van der Waals surface area contributed by atoms with Crippen LogP contribution in [0.15, 0.2) is 42.7 Å². The van der Waals surface area contributed by atoms with Gasteiger partial charge >= 0.3 is 6.36 Å². The smallest absolute Gasteiger partial charge is 0.489 e. The van der Waals surface area contributed by atoms with Gasteiger partial charge in [0.2, 0.25) is 0 Å². The molecule has 0 aliphatic rings. The molecule has 0 saturated heterocycles. The van der Waals surface area contributed by atoms with Crippen LogP contribution in [0.3, 0.4) is 0 Å². The number of benzene rings is 1. The van der Waals surface area contributed by atoms with Crippen LogP contribution in [0.25, 0.3) is 0 Å². The van der Waals surface area contributed by atoms with Crippen LogP contribution in [0.2, 0.25) is 0 Å². The summed E-state index contributed by atoms with van der Waals surface area (Å²) < 4.78 is 45.5. The fourth-order valence-electron chi connectivity index (χ4n) is 1.53. The molecule has 5 nitrogen and oxygen atoms in total. The SMILES string of the molecule is NOc1cncc(COc2cccc(OC(F)(F)F)c2)c1. The molecule has 1 aromatic heterocycles. The molecule has 21 heavy (non-hydrogen) atoms. The lowest BCUT2D eigenvalue weighted by Crippen LogP contribution is -2.17. The van der Waals surface area contributed by atoms with E-state index in [1.165, 1.54) is 30.6 Å². The summed E-state index contributed by atoms with van der Waals surface area (Å²) in [5, 5.41) is 0. The van der Waals surface area contributed by atoms with Crippen molar-refractivity contribution in [2.24, 2.45) is 5.90 Å². The van der Waals surface area contributed by atoms with E-state index >= 15 is 0 Å². The normalized spacial score (nSPS) is 11.0. The van der Waals surface area contributed by atoms with E-state index in [4.69, 9.17) is 10.6 Å². The Morgan fingerprint density at radius 1 is 1.05 bits per heavy atom. The summed E-state index contributed by atoms with van der Waals surface area (Å²) in [4.78, 5) is 8.39. The van der Waals surface area contributed by atoms with Gasteiger partial charge in [-0.15, -0.1) is 13.2 Å². The van der Waals surface area contributed by atoms with Crippen molar-refractivity contribution in [3.63, 3.8) is 0 Å². The maximum absolute atomic E-state index is 12.1. The molecule has 0 atom stereocenters. The van der Waals surface area contributed by atoms with E-state index in [-0.39, 0.29) is 18.1 Å². The Morgan fingerprint density at radius 2 is 1.81 bits per heavy atom. The minimum Gasteiger partial charge on any atom is -0.489 e. The molecule has 0 amide bonds. The second-order valence-electron chi connectivity index (χ2n) is 3.96. The second-order valence-corrected chi connectivity index (χ2v) is 3.96. The van der Waals surface area contributed by atoms with E-state index in [0.29, 0.717) is 11.3 Å². The molecule has 0 bridgehead atoms. The third-order valence-corrected chi connectivity index (χ3v) is 2.35. The van der Waals surface area contributed by atoms with E-state index in [2.05, 4.69) is 14.6 Å². The van der Waals surface area contributed by atoms with Crippen LogP contribution in [-0.4, -0.2) is 11.3 Å². The van der Waals surface area contributed by atoms with Crippen molar-refractivity contribution in [2.45, 2.75) is 13.0 Å². The van der Waals surface area contributed by atoms with Crippen molar-refractivity contribution in [3.8, 4) is 17.2 Å². The Bertz CT molecular complexity index is 605. The zero-order chi connectivity index (χ0) is 15.3. The first-order chi connectivity index (χ1) is 9.96. The Balaban J connectivity index is 2.01. The number of rotatable bonds is 5. The predicted molar refractivity (Wildman–Crippen MR) is 66.5 cm³/mol. The van der Waals surface area contributed by atoms with Gasteiger partial charge < -0.3 is 14.3 Å². The molecule has 0 radical (unpaired) electrons. The van der Waals surface area contributed by atoms with Gasteiger partial charge in [0.1, 0.15) is 18.1 Å². The second kappa shape index (κ2) is 6.31. The van der Waals surface area contributed by atoms with Crippen molar-refractivity contribution in [3.05, 3.63) is 48.3 Å². The average Bonchev–Trinajstić information content (AvgIpc) is 2.44. The Labute approximate surface area is 118 Å². The fourth-order valence-corrected chi connectivity index (χ4v) is 1.53. The highest BCUT2D eigenvalue weighted by Crippen LogP contribution is 2.26. The Kier molecular flexibility index (Phi) is 4.49. The fraction of sp³-hybridized carbons (Fsp3) is 0.154. The van der Waals surface area contributed by atoms with Crippen LogP contribution >= 0.6 is 0 Å². The first-order valence-electron chi connectivity index (χ1n) is 5.75. The third kappa shape index (κ3) is 4.84. The standard InChI is InChI=1S/C13H11F3N2O3/c14-13(15,16)20-11-3-1-2-10(5-11)19-8-9-4-12(21-17)7-18-6-9/h1-7H,8,17H2. The zero-order valence-corrected chi connectivity index (χ0v) is 10.6. The largest absolute Gasteiger partial charge is 0.573 e. The molecule has 2 aromatic rings. The van der Waals surface area contributed by atoms with E-state index in [1.54, 1.807) is 6.07 Å². The van der Waals surface area contributed by atoms with E-state index < -0.39 is 6.36 Å². The lowest BCUT2D eigenvalue weighted by Gasteiger charge is -2.11. The maximum atomic E-state index is 12.1. The molecule has 2 N–H and O–H groups in total. The van der Waals surface area contributed by atoms with Gasteiger partial charge in [-0.2, -0.15) is 5.90 Å². The van der Waals surface area contributed by atoms with Crippen molar-refractivity contribution >= 4 is 0 Å². The molecule has 0 aliphatic carbocycles. The highest BCUT2D eigenvalue weighted by molar-refractivity contribution is 5.33. The summed E-state index contributed by atoms with van der Waals surface area (Å²) in [6.07, 6.45) is -1.80. The molecule has 0 spiro atoms. The molecule has 2 rings (SSSR count).